The summed E-state index contributed by atoms with van der Waals surface area (Å²) in [7, 11) is -16.0. The van der Waals surface area contributed by atoms with Crippen LogP contribution in [0.4, 0.5) is 0 Å². The zero-order valence-corrected chi connectivity index (χ0v) is 41.9. The van der Waals surface area contributed by atoms with Gasteiger partial charge in [0.05, 0.1) is 40.6 Å². The Hall–Kier alpha value is -5.96. The van der Waals surface area contributed by atoms with E-state index in [1.807, 2.05) is 0 Å². The van der Waals surface area contributed by atoms with E-state index in [1.54, 1.807) is 104 Å². The summed E-state index contributed by atoms with van der Waals surface area (Å²) in [5.74, 6) is -0.130. The first-order chi connectivity index (χ1) is 32.2. The van der Waals surface area contributed by atoms with Crippen molar-refractivity contribution in [2.24, 2.45) is 0 Å². The number of rotatable bonds is 12. The summed E-state index contributed by atoms with van der Waals surface area (Å²) in [5, 5.41) is -2.21. The van der Waals surface area contributed by atoms with Crippen molar-refractivity contribution in [3.05, 3.63) is 72.8 Å². The fraction of sp³-hybridized carbons (Fsp3) is 0.333. The highest BCUT2D eigenvalue weighted by molar-refractivity contribution is 7.93. The Kier molecular flexibility index (Phi) is 11.7. The van der Waals surface area contributed by atoms with Crippen LogP contribution < -0.4 is 0 Å². The van der Waals surface area contributed by atoms with Crippen molar-refractivity contribution >= 4 is 83.5 Å². The number of H-pyrrole nitrogens is 2. The summed E-state index contributed by atoms with van der Waals surface area (Å²) in [5.41, 5.74) is 1.09. The van der Waals surface area contributed by atoms with Crippen LogP contribution in [0.25, 0.3) is 89.7 Å². The molecule has 354 valence electrons. The Balaban J connectivity index is 1.55. The second kappa shape index (κ2) is 16.9. The van der Waals surface area contributed by atoms with Crippen molar-refractivity contribution in [1.29, 1.82) is 0 Å². The minimum Gasteiger partial charge on any atom is -0.324 e. The maximum absolute atomic E-state index is 14.4. The minimum atomic E-state index is -4.01. The second-order valence-electron chi connectivity index (χ2n) is 17.4. The lowest BCUT2D eigenvalue weighted by Gasteiger charge is -2.13. The summed E-state index contributed by atoms with van der Waals surface area (Å²) >= 11 is 0. The molecule has 9 rings (SSSR count). The smallest absolute Gasteiger partial charge is 0.181 e. The number of aromatic amines is 2. The Morgan fingerprint density at radius 3 is 1.01 bits per heavy atom. The molecule has 2 N–H and O–H groups in total. The Morgan fingerprint density at radius 1 is 0.382 bits per heavy atom. The van der Waals surface area contributed by atoms with Gasteiger partial charge in [-0.1, -0.05) is 76.2 Å². The van der Waals surface area contributed by atoms with Crippen LogP contribution in [-0.4, -0.2) is 94.5 Å². The molecule has 20 heteroatoms. The number of sulfone groups is 4. The fourth-order valence-electron chi connectivity index (χ4n) is 8.55. The number of benzene rings is 4. The zero-order valence-electron chi connectivity index (χ0n) is 38.6. The fourth-order valence-corrected chi connectivity index (χ4v) is 15.1. The summed E-state index contributed by atoms with van der Waals surface area (Å²) in [6.45, 7) is 13.6. The highest BCUT2D eigenvalue weighted by Crippen LogP contribution is 2.44. The van der Waals surface area contributed by atoms with Crippen molar-refractivity contribution in [3.63, 3.8) is 0 Å². The van der Waals surface area contributed by atoms with E-state index in [0.29, 0.717) is 36.5 Å². The molecule has 16 nitrogen and oxygen atoms in total. The van der Waals surface area contributed by atoms with Crippen LogP contribution in [0.1, 0.15) is 81.1 Å². The van der Waals surface area contributed by atoms with Crippen molar-refractivity contribution in [3.8, 4) is 45.6 Å². The summed E-state index contributed by atoms with van der Waals surface area (Å²) in [4.78, 5) is 36.0. The van der Waals surface area contributed by atoms with Crippen molar-refractivity contribution in [2.75, 3.05) is 0 Å². The number of hydrogen-bond acceptors (Lipinski definition) is 14. The molecular weight excluding hydrogens is 945 g/mol. The van der Waals surface area contributed by atoms with Crippen LogP contribution >= 0.6 is 0 Å². The van der Waals surface area contributed by atoms with Gasteiger partial charge in [0.2, 0.25) is 0 Å². The second-order valence-corrected chi connectivity index (χ2v) is 26.7. The van der Waals surface area contributed by atoms with Gasteiger partial charge in [-0.2, -0.15) is 0 Å². The van der Waals surface area contributed by atoms with Crippen molar-refractivity contribution in [2.45, 2.75) is 122 Å². The average molecular weight is 995 g/mol. The molecule has 5 heterocycles. The predicted molar refractivity (Wildman–Crippen MR) is 264 cm³/mol. The monoisotopic (exact) mass is 994 g/mol. The van der Waals surface area contributed by atoms with Crippen LogP contribution in [-0.2, 0) is 39.3 Å². The highest BCUT2D eigenvalue weighted by atomic mass is 32.2. The maximum atomic E-state index is 14.4. The van der Waals surface area contributed by atoms with Crippen LogP contribution in [0.2, 0.25) is 0 Å². The molecular formula is C48H50N8O8S4. The van der Waals surface area contributed by atoms with Crippen LogP contribution in [0, 0.1) is 0 Å². The number of nitrogens with zero attached hydrogens (tertiary/aromatic N) is 6. The van der Waals surface area contributed by atoms with E-state index in [9.17, 15) is 33.7 Å². The van der Waals surface area contributed by atoms with E-state index in [-0.39, 0.29) is 98.5 Å². The first kappa shape index (κ1) is 47.1. The molecule has 0 spiro atoms. The highest BCUT2D eigenvalue weighted by Gasteiger charge is 2.35. The molecule has 8 bridgehead atoms. The molecule has 0 amide bonds. The molecule has 4 aromatic carbocycles. The van der Waals surface area contributed by atoms with E-state index in [0.717, 1.165) is 0 Å². The molecule has 0 aliphatic carbocycles. The minimum absolute atomic E-state index is 0.000554. The van der Waals surface area contributed by atoms with Gasteiger partial charge in [0.15, 0.2) is 62.6 Å². The Labute approximate surface area is 394 Å². The molecule has 3 aromatic heterocycles. The van der Waals surface area contributed by atoms with Gasteiger partial charge in [-0.3, -0.25) is 0 Å². The average Bonchev–Trinajstić information content (AvgIpc) is 4.08. The first-order valence-corrected chi connectivity index (χ1v) is 28.7. The van der Waals surface area contributed by atoms with Crippen LogP contribution in [0.3, 0.4) is 0 Å². The zero-order chi connectivity index (χ0) is 48.8. The lowest BCUT2D eigenvalue weighted by atomic mass is 10.1. The largest absolute Gasteiger partial charge is 0.324 e. The van der Waals surface area contributed by atoms with E-state index in [4.69, 9.17) is 29.9 Å². The van der Waals surface area contributed by atoms with Gasteiger partial charge in [-0.15, -0.1) is 0 Å². The van der Waals surface area contributed by atoms with E-state index in [2.05, 4.69) is 9.97 Å². The quantitative estimate of drug-likeness (QED) is 0.116. The third-order valence-corrected chi connectivity index (χ3v) is 22.8. The molecule has 4 unspecified atom stereocenters. The van der Waals surface area contributed by atoms with Gasteiger partial charge >= 0.3 is 0 Å². The van der Waals surface area contributed by atoms with E-state index < -0.39 is 60.3 Å². The number of nitrogens with one attached hydrogen (secondary N) is 2. The molecule has 0 saturated heterocycles. The summed E-state index contributed by atoms with van der Waals surface area (Å²) < 4.78 is 115. The van der Waals surface area contributed by atoms with Gasteiger partial charge in [0.1, 0.15) is 22.6 Å². The number of fused-ring (bicyclic) bond motifs is 20. The lowest BCUT2D eigenvalue weighted by Crippen LogP contribution is -2.17. The SMILES string of the molecule is CCC(C)S(=O)(=O)c1cccc2c1-c1nc-2nc2[nH]c(nc3nc(nc4[nH]c(n1)c1cccc(S(=O)(=O)C(C)CC)c41)-c1cccc(S(=O)(=O)C(C)CC)c1-3)c1cccc(S(=O)(=O)C(C)CC)c21. The van der Waals surface area contributed by atoms with Crippen LogP contribution in [0.5, 0.6) is 0 Å². The molecule has 2 aliphatic heterocycles. The molecule has 2 aliphatic rings. The maximum Gasteiger partial charge on any atom is 0.181 e. The van der Waals surface area contributed by atoms with Crippen LogP contribution in [0.15, 0.2) is 92.4 Å². The van der Waals surface area contributed by atoms with Gasteiger partial charge in [0.25, 0.3) is 0 Å². The van der Waals surface area contributed by atoms with Gasteiger partial charge in [-0.05, 0) is 77.6 Å². The third kappa shape index (κ3) is 7.24. The van der Waals surface area contributed by atoms with E-state index >= 15 is 0 Å². The molecule has 7 aromatic rings. The topological polar surface area (TPSA) is 245 Å². The van der Waals surface area contributed by atoms with Gasteiger partial charge in [-0.25, -0.2) is 63.6 Å². The van der Waals surface area contributed by atoms with E-state index in [1.165, 1.54) is 24.3 Å². The van der Waals surface area contributed by atoms with Crippen molar-refractivity contribution < 1.29 is 33.7 Å². The predicted octanol–water partition coefficient (Wildman–Crippen LogP) is 9.16. The van der Waals surface area contributed by atoms with Crippen molar-refractivity contribution in [1.82, 2.24) is 39.9 Å². The molecule has 68 heavy (non-hydrogen) atoms. The number of aromatic nitrogens is 8. The van der Waals surface area contributed by atoms with Gasteiger partial charge < -0.3 is 9.97 Å². The summed E-state index contributed by atoms with van der Waals surface area (Å²) in [6, 6.07) is 18.9. The van der Waals surface area contributed by atoms with Gasteiger partial charge in [0, 0.05) is 43.8 Å². The third-order valence-electron chi connectivity index (χ3n) is 13.4. The number of hydrogen-bond donors (Lipinski definition) is 2. The Morgan fingerprint density at radius 2 is 0.676 bits per heavy atom. The normalized spacial score (nSPS) is 14.9. The molecule has 0 radical (unpaired) electrons. The Bertz CT molecular complexity index is 3650. The molecule has 0 saturated carbocycles. The standard InChI is InChI=1S/C48H50N8O8S4/c1-9-25(5)65(57,58)33-21-13-17-29-37(33)45-49-41(29)54-46-39-31(19-15-23-35(39)67(61,62)27(7)11-3)43(51-46)56-48-40-32(20-16-24-36(40)68(63,64)28(8)12-4)44(52-48)55-47-38-30(42(50-47)53-45)18-14-22-34(38)66(59,60)26(6)10-2/h13-28H,9-12H2,1-8H3,(H2,49,50,51,52,53,54,55,56). The molecule has 4 atom stereocenters. The molecule has 0 fully saturated rings. The lowest BCUT2D eigenvalue weighted by molar-refractivity contribution is 0.580. The first-order valence-electron chi connectivity index (χ1n) is 22.5. The summed E-state index contributed by atoms with van der Waals surface area (Å²) in [6.07, 6.45) is 1.23.